The fraction of sp³-hybridized carbons (Fsp3) is 0.227. The zero-order valence-electron chi connectivity index (χ0n) is 17.0. The highest BCUT2D eigenvalue weighted by molar-refractivity contribution is 6.01. The number of rotatable bonds is 4. The second-order valence-corrected chi connectivity index (χ2v) is 7.52. The van der Waals surface area contributed by atoms with E-state index < -0.39 is 11.9 Å². The van der Waals surface area contributed by atoms with E-state index in [2.05, 4.69) is 20.4 Å². The second-order valence-electron chi connectivity index (χ2n) is 7.52. The van der Waals surface area contributed by atoms with Crippen molar-refractivity contribution in [2.45, 2.75) is 25.6 Å². The molecule has 0 aliphatic carbocycles. The third kappa shape index (κ3) is 3.54. The first-order chi connectivity index (χ1) is 15.1. The van der Waals surface area contributed by atoms with Crippen LogP contribution in [-0.2, 0) is 17.9 Å². The largest absolute Gasteiger partial charge is 0.337 e. The van der Waals surface area contributed by atoms with Crippen LogP contribution in [0.15, 0.2) is 60.9 Å². The molecule has 1 aliphatic heterocycles. The van der Waals surface area contributed by atoms with Crippen molar-refractivity contribution < 1.29 is 9.59 Å². The summed E-state index contributed by atoms with van der Waals surface area (Å²) in [4.78, 5) is 35.9. The Morgan fingerprint density at radius 1 is 1.13 bits per heavy atom. The van der Waals surface area contributed by atoms with Crippen LogP contribution in [0.4, 0.5) is 5.95 Å². The Kier molecular flexibility index (Phi) is 4.70. The molecule has 3 heterocycles. The summed E-state index contributed by atoms with van der Waals surface area (Å²) >= 11 is 0. The van der Waals surface area contributed by atoms with Crippen molar-refractivity contribution in [3.63, 3.8) is 0 Å². The number of hydrogen-bond acceptors (Lipinski definition) is 5. The average Bonchev–Trinajstić information content (AvgIpc) is 3.38. The van der Waals surface area contributed by atoms with Crippen LogP contribution >= 0.6 is 0 Å². The number of nitrogens with one attached hydrogen (secondary N) is 1. The molecule has 0 radical (unpaired) electrons. The van der Waals surface area contributed by atoms with Gasteiger partial charge in [-0.2, -0.15) is 0 Å². The van der Waals surface area contributed by atoms with Crippen LogP contribution in [0.2, 0.25) is 0 Å². The van der Waals surface area contributed by atoms with E-state index in [0.29, 0.717) is 25.5 Å². The van der Waals surface area contributed by atoms with Gasteiger partial charge in [-0.1, -0.05) is 42.5 Å². The van der Waals surface area contributed by atoms with Crippen molar-refractivity contribution in [1.29, 1.82) is 0 Å². The first-order valence-corrected chi connectivity index (χ1v) is 10.1. The molecule has 4 aromatic rings. The maximum atomic E-state index is 13.0. The van der Waals surface area contributed by atoms with Gasteiger partial charge in [-0.15, -0.1) is 5.10 Å². The lowest BCUT2D eigenvalue weighted by atomic mass is 10.2. The van der Waals surface area contributed by atoms with Crippen molar-refractivity contribution in [3.8, 4) is 0 Å². The molecule has 5 rings (SSSR count). The van der Waals surface area contributed by atoms with Gasteiger partial charge in [0.25, 0.3) is 11.8 Å². The number of aryl methyl sites for hydroxylation is 1. The van der Waals surface area contributed by atoms with E-state index in [-0.39, 0.29) is 11.7 Å². The van der Waals surface area contributed by atoms with Crippen LogP contribution in [0.25, 0.3) is 11.0 Å². The van der Waals surface area contributed by atoms with Crippen LogP contribution in [0.5, 0.6) is 0 Å². The Labute approximate surface area is 178 Å². The molecule has 1 aliphatic rings. The van der Waals surface area contributed by atoms with E-state index in [4.69, 9.17) is 0 Å². The van der Waals surface area contributed by atoms with Crippen molar-refractivity contribution in [2.75, 3.05) is 11.9 Å². The van der Waals surface area contributed by atoms with E-state index in [0.717, 1.165) is 16.6 Å². The maximum Gasteiger partial charge on any atom is 0.291 e. The first kappa shape index (κ1) is 19.0. The van der Waals surface area contributed by atoms with Gasteiger partial charge < -0.3 is 9.88 Å². The summed E-state index contributed by atoms with van der Waals surface area (Å²) in [6.45, 7) is 1.08. The molecule has 0 bridgehead atoms. The van der Waals surface area contributed by atoms with Gasteiger partial charge in [0.1, 0.15) is 12.4 Å². The van der Waals surface area contributed by atoms with Crippen LogP contribution in [0, 0.1) is 0 Å². The Hall–Kier alpha value is -4.01. The minimum Gasteiger partial charge on any atom is -0.337 e. The fourth-order valence-electron chi connectivity index (χ4n) is 3.86. The molecular weight excluding hydrogens is 394 g/mol. The van der Waals surface area contributed by atoms with Gasteiger partial charge in [0.2, 0.25) is 11.8 Å². The van der Waals surface area contributed by atoms with Gasteiger partial charge in [0.05, 0.1) is 17.6 Å². The van der Waals surface area contributed by atoms with E-state index in [9.17, 15) is 9.59 Å². The number of carbonyl (C=O) groups is 2. The van der Waals surface area contributed by atoms with Gasteiger partial charge >= 0.3 is 0 Å². The molecule has 2 amide bonds. The summed E-state index contributed by atoms with van der Waals surface area (Å²) in [7, 11) is 1.68. The topological polar surface area (TPSA) is 97.9 Å². The van der Waals surface area contributed by atoms with Gasteiger partial charge in [0.15, 0.2) is 0 Å². The number of para-hydroxylation sites is 2. The minimum absolute atomic E-state index is 0.0406. The van der Waals surface area contributed by atoms with Gasteiger partial charge in [-0.25, -0.2) is 14.6 Å². The number of nitrogens with zero attached hydrogens (tertiary/aromatic N) is 6. The molecule has 0 spiro atoms. The van der Waals surface area contributed by atoms with Gasteiger partial charge in [0, 0.05) is 13.6 Å². The Morgan fingerprint density at radius 2 is 1.90 bits per heavy atom. The standard InChI is InChI=1S/C22H21N7O2/c1-27-21(31)17(11-12-29-18-10-6-5-9-16(18)25-22(27)29)24-20(30)19-23-14-28(26-19)13-15-7-3-2-4-8-15/h2-10,14,17H,11-13H2,1H3,(H,24,30). The highest BCUT2D eigenvalue weighted by Crippen LogP contribution is 2.25. The van der Waals surface area contributed by atoms with Crippen molar-refractivity contribution in [3.05, 3.63) is 72.3 Å². The lowest BCUT2D eigenvalue weighted by Crippen LogP contribution is -2.47. The molecule has 1 unspecified atom stereocenters. The third-order valence-corrected chi connectivity index (χ3v) is 5.44. The Bertz CT molecular complexity index is 1260. The number of aromatic nitrogens is 5. The van der Waals surface area contributed by atoms with Crippen LogP contribution < -0.4 is 10.2 Å². The molecule has 0 fully saturated rings. The van der Waals surface area contributed by atoms with Gasteiger partial charge in [-0.05, 0) is 24.1 Å². The molecule has 0 saturated carbocycles. The summed E-state index contributed by atoms with van der Waals surface area (Å²) < 4.78 is 3.61. The van der Waals surface area contributed by atoms with Crippen molar-refractivity contribution in [2.24, 2.45) is 0 Å². The monoisotopic (exact) mass is 415 g/mol. The van der Waals surface area contributed by atoms with Crippen LogP contribution in [0.3, 0.4) is 0 Å². The Morgan fingerprint density at radius 3 is 2.74 bits per heavy atom. The fourth-order valence-corrected chi connectivity index (χ4v) is 3.86. The molecule has 31 heavy (non-hydrogen) atoms. The summed E-state index contributed by atoms with van der Waals surface area (Å²) in [5.41, 5.74) is 2.86. The average molecular weight is 415 g/mol. The first-order valence-electron chi connectivity index (χ1n) is 10.1. The van der Waals surface area contributed by atoms with E-state index >= 15 is 0 Å². The van der Waals surface area contributed by atoms with Crippen LogP contribution in [-0.4, -0.2) is 49.2 Å². The van der Waals surface area contributed by atoms with Crippen molar-refractivity contribution in [1.82, 2.24) is 29.6 Å². The zero-order chi connectivity index (χ0) is 21.4. The second kappa shape index (κ2) is 7.67. The smallest absolute Gasteiger partial charge is 0.291 e. The number of imidazole rings is 1. The number of hydrogen-bond donors (Lipinski definition) is 1. The number of likely N-dealkylation sites (N-methyl/N-ethyl adjacent to an activating group) is 1. The van der Waals surface area contributed by atoms with E-state index in [1.807, 2.05) is 59.2 Å². The third-order valence-electron chi connectivity index (χ3n) is 5.44. The number of anilines is 1. The van der Waals surface area contributed by atoms with E-state index in [1.165, 1.54) is 11.2 Å². The molecule has 1 atom stereocenters. The predicted octanol–water partition coefficient (Wildman–Crippen LogP) is 1.84. The molecule has 1 N–H and O–H groups in total. The molecule has 9 heteroatoms. The number of benzene rings is 2. The molecule has 9 nitrogen and oxygen atoms in total. The van der Waals surface area contributed by atoms with Crippen LogP contribution in [0.1, 0.15) is 22.6 Å². The molecule has 156 valence electrons. The van der Waals surface area contributed by atoms with E-state index in [1.54, 1.807) is 11.7 Å². The SMILES string of the molecule is CN1C(=O)C(NC(=O)c2ncn(Cc3ccccc3)n2)CCn2c1nc1ccccc12. The lowest BCUT2D eigenvalue weighted by molar-refractivity contribution is -0.120. The highest BCUT2D eigenvalue weighted by Gasteiger charge is 2.32. The summed E-state index contributed by atoms with van der Waals surface area (Å²) in [6, 6.07) is 16.9. The van der Waals surface area contributed by atoms with Crippen molar-refractivity contribution >= 4 is 28.8 Å². The summed E-state index contributed by atoms with van der Waals surface area (Å²) in [5.74, 6) is -0.0684. The molecular formula is C22H21N7O2. The number of fused-ring (bicyclic) bond motifs is 3. The predicted molar refractivity (Wildman–Crippen MR) is 115 cm³/mol. The molecule has 2 aromatic heterocycles. The Balaban J connectivity index is 1.31. The molecule has 0 saturated heterocycles. The number of carbonyl (C=O) groups excluding carboxylic acids is 2. The quantitative estimate of drug-likeness (QED) is 0.549. The normalized spacial score (nSPS) is 16.2. The number of amides is 2. The molecule has 2 aromatic carbocycles. The van der Waals surface area contributed by atoms with Gasteiger partial charge in [-0.3, -0.25) is 14.5 Å². The zero-order valence-corrected chi connectivity index (χ0v) is 17.0. The summed E-state index contributed by atoms with van der Waals surface area (Å²) in [6.07, 6.45) is 1.97. The summed E-state index contributed by atoms with van der Waals surface area (Å²) in [5, 5.41) is 7.06. The maximum absolute atomic E-state index is 13.0. The minimum atomic E-state index is -0.681. The lowest BCUT2D eigenvalue weighted by Gasteiger charge is -2.19. The highest BCUT2D eigenvalue weighted by atomic mass is 16.2.